The molecule has 2 rings (SSSR count). The summed E-state index contributed by atoms with van der Waals surface area (Å²) in [5.74, 6) is 0. The first-order chi connectivity index (χ1) is 10.1. The van der Waals surface area contributed by atoms with Gasteiger partial charge in [-0.1, -0.05) is 37.1 Å². The molecule has 1 aromatic heterocycles. The Morgan fingerprint density at radius 3 is 2.57 bits per heavy atom. The summed E-state index contributed by atoms with van der Waals surface area (Å²) >= 11 is 0. The Morgan fingerprint density at radius 2 is 1.90 bits per heavy atom. The largest absolute Gasteiger partial charge is 0.326 e. The fraction of sp³-hybridized carbons (Fsp3) is 0.389. The second-order valence-corrected chi connectivity index (χ2v) is 5.58. The lowest BCUT2D eigenvalue weighted by Crippen LogP contribution is -2.26. The Hall–Kier alpha value is -1.87. The summed E-state index contributed by atoms with van der Waals surface area (Å²) in [7, 11) is 0. The minimum Gasteiger partial charge on any atom is -0.326 e. The summed E-state index contributed by atoms with van der Waals surface area (Å²) < 4.78 is 1.88. The van der Waals surface area contributed by atoms with Crippen LogP contribution in [0.2, 0.25) is 0 Å². The Balaban J connectivity index is 2.64. The molecule has 0 spiro atoms. The average Bonchev–Trinajstić information content (AvgIpc) is 2.48. The topological polar surface area (TPSA) is 48.0 Å². The van der Waals surface area contributed by atoms with Crippen molar-refractivity contribution >= 4 is 0 Å². The zero-order valence-corrected chi connectivity index (χ0v) is 13.1. The van der Waals surface area contributed by atoms with Crippen LogP contribution in [0.5, 0.6) is 0 Å². The van der Waals surface area contributed by atoms with Crippen molar-refractivity contribution in [1.82, 2.24) is 4.57 Å². The van der Waals surface area contributed by atoms with Gasteiger partial charge in [0, 0.05) is 24.2 Å². The Labute approximate surface area is 126 Å². The van der Waals surface area contributed by atoms with Crippen molar-refractivity contribution in [2.75, 3.05) is 0 Å². The van der Waals surface area contributed by atoms with Gasteiger partial charge >= 0.3 is 0 Å². The van der Waals surface area contributed by atoms with Gasteiger partial charge in [-0.2, -0.15) is 0 Å². The summed E-state index contributed by atoms with van der Waals surface area (Å²) in [5.41, 5.74) is 10.9. The molecule has 0 radical (unpaired) electrons. The Bertz CT molecular complexity index is 686. The van der Waals surface area contributed by atoms with Crippen molar-refractivity contribution in [2.45, 2.75) is 46.7 Å². The number of nitrogens with two attached hydrogens (primary N) is 1. The third-order valence-electron chi connectivity index (χ3n) is 3.88. The molecule has 0 aliphatic carbocycles. The molecule has 2 aromatic rings. The van der Waals surface area contributed by atoms with Crippen LogP contribution in [0.1, 0.15) is 36.5 Å². The molecule has 112 valence electrons. The van der Waals surface area contributed by atoms with Crippen molar-refractivity contribution in [1.29, 1.82) is 0 Å². The summed E-state index contributed by atoms with van der Waals surface area (Å²) in [6, 6.07) is 10.2. The fourth-order valence-electron chi connectivity index (χ4n) is 2.56. The van der Waals surface area contributed by atoms with Gasteiger partial charge in [0.05, 0.1) is 5.69 Å². The van der Waals surface area contributed by atoms with Crippen LogP contribution >= 0.6 is 0 Å². The number of rotatable bonds is 5. The SMILES string of the molecule is CCCCn1c(-c2cc(C)ccc2C)ccc(CN)c1=O. The molecule has 0 saturated carbocycles. The van der Waals surface area contributed by atoms with Gasteiger partial charge in [-0.05, 0) is 38.0 Å². The molecule has 3 nitrogen and oxygen atoms in total. The number of benzene rings is 1. The normalized spacial score (nSPS) is 10.9. The first-order valence-electron chi connectivity index (χ1n) is 7.59. The highest BCUT2D eigenvalue weighted by atomic mass is 16.1. The van der Waals surface area contributed by atoms with Crippen molar-refractivity contribution in [3.63, 3.8) is 0 Å². The summed E-state index contributed by atoms with van der Waals surface area (Å²) in [4.78, 5) is 12.6. The standard InChI is InChI=1S/C18H24N2O/c1-4-5-10-20-17(9-8-15(12-19)18(20)21)16-11-13(2)6-7-14(16)3/h6-9,11H,4-5,10,12,19H2,1-3H3. The van der Waals surface area contributed by atoms with E-state index in [4.69, 9.17) is 5.73 Å². The van der Waals surface area contributed by atoms with Gasteiger partial charge < -0.3 is 10.3 Å². The van der Waals surface area contributed by atoms with Crippen molar-refractivity contribution in [3.05, 3.63) is 57.4 Å². The van der Waals surface area contributed by atoms with Crippen LogP contribution in [0.4, 0.5) is 0 Å². The van der Waals surface area contributed by atoms with Crippen molar-refractivity contribution in [2.24, 2.45) is 5.73 Å². The van der Waals surface area contributed by atoms with Gasteiger partial charge in [-0.25, -0.2) is 0 Å². The molecule has 0 fully saturated rings. The van der Waals surface area contributed by atoms with Crippen LogP contribution in [0.25, 0.3) is 11.3 Å². The maximum atomic E-state index is 12.6. The van der Waals surface area contributed by atoms with Gasteiger partial charge in [0.15, 0.2) is 0 Å². The van der Waals surface area contributed by atoms with E-state index in [1.165, 1.54) is 11.1 Å². The van der Waals surface area contributed by atoms with Gasteiger partial charge in [-0.3, -0.25) is 4.79 Å². The van der Waals surface area contributed by atoms with Crippen molar-refractivity contribution in [3.8, 4) is 11.3 Å². The number of hydrogen-bond donors (Lipinski definition) is 1. The third-order valence-corrected chi connectivity index (χ3v) is 3.88. The van der Waals surface area contributed by atoms with E-state index < -0.39 is 0 Å². The highest BCUT2D eigenvalue weighted by Crippen LogP contribution is 2.24. The molecule has 3 heteroatoms. The van der Waals surface area contributed by atoms with Crippen LogP contribution < -0.4 is 11.3 Å². The zero-order chi connectivity index (χ0) is 15.4. The smallest absolute Gasteiger partial charge is 0.255 e. The van der Waals surface area contributed by atoms with Gasteiger partial charge in [0.2, 0.25) is 0 Å². The number of aryl methyl sites for hydroxylation is 2. The lowest BCUT2D eigenvalue weighted by molar-refractivity contribution is 0.613. The molecular weight excluding hydrogens is 260 g/mol. The first-order valence-corrected chi connectivity index (χ1v) is 7.59. The first kappa shape index (κ1) is 15.5. The van der Waals surface area contributed by atoms with E-state index >= 15 is 0 Å². The summed E-state index contributed by atoms with van der Waals surface area (Å²) in [6.07, 6.45) is 2.05. The van der Waals surface area contributed by atoms with Crippen LogP contribution in [-0.4, -0.2) is 4.57 Å². The van der Waals surface area contributed by atoms with Crippen LogP contribution in [0, 0.1) is 13.8 Å². The van der Waals surface area contributed by atoms with Crippen molar-refractivity contribution < 1.29 is 0 Å². The monoisotopic (exact) mass is 284 g/mol. The van der Waals surface area contributed by atoms with E-state index in [1.54, 1.807) is 0 Å². The minimum absolute atomic E-state index is 0.0457. The van der Waals surface area contributed by atoms with Gasteiger partial charge in [0.25, 0.3) is 5.56 Å². The predicted molar refractivity (Wildman–Crippen MR) is 88.4 cm³/mol. The van der Waals surface area contributed by atoms with E-state index in [0.29, 0.717) is 5.56 Å². The molecule has 0 unspecified atom stereocenters. The molecule has 0 aliphatic heterocycles. The number of pyridine rings is 1. The number of nitrogens with zero attached hydrogens (tertiary/aromatic N) is 1. The van der Waals surface area contributed by atoms with E-state index in [1.807, 2.05) is 16.7 Å². The molecule has 0 bridgehead atoms. The van der Waals surface area contributed by atoms with Gasteiger partial charge in [-0.15, -0.1) is 0 Å². The highest BCUT2D eigenvalue weighted by Gasteiger charge is 2.11. The maximum Gasteiger partial charge on any atom is 0.255 e. The second kappa shape index (κ2) is 6.72. The highest BCUT2D eigenvalue weighted by molar-refractivity contribution is 5.65. The molecular formula is C18H24N2O. The number of aromatic nitrogens is 1. The number of unbranched alkanes of at least 4 members (excludes halogenated alkanes) is 1. The second-order valence-electron chi connectivity index (χ2n) is 5.58. The quantitative estimate of drug-likeness (QED) is 0.915. The third kappa shape index (κ3) is 3.24. The summed E-state index contributed by atoms with van der Waals surface area (Å²) in [6.45, 7) is 7.32. The fourth-order valence-corrected chi connectivity index (χ4v) is 2.56. The van der Waals surface area contributed by atoms with Crippen LogP contribution in [0.3, 0.4) is 0 Å². The van der Waals surface area contributed by atoms with Gasteiger partial charge in [0.1, 0.15) is 0 Å². The van der Waals surface area contributed by atoms with E-state index in [2.05, 4.69) is 39.0 Å². The van der Waals surface area contributed by atoms with E-state index in [0.717, 1.165) is 30.6 Å². The molecule has 21 heavy (non-hydrogen) atoms. The molecule has 2 N–H and O–H groups in total. The minimum atomic E-state index is 0.0457. The predicted octanol–water partition coefficient (Wildman–Crippen LogP) is 3.39. The van der Waals surface area contributed by atoms with E-state index in [9.17, 15) is 4.79 Å². The summed E-state index contributed by atoms with van der Waals surface area (Å²) in [5, 5.41) is 0. The average molecular weight is 284 g/mol. The molecule has 0 atom stereocenters. The zero-order valence-electron chi connectivity index (χ0n) is 13.1. The molecule has 0 aliphatic rings. The molecule has 1 aromatic carbocycles. The Kier molecular flexibility index (Phi) is 4.97. The van der Waals surface area contributed by atoms with Crippen LogP contribution in [-0.2, 0) is 13.1 Å². The lowest BCUT2D eigenvalue weighted by Gasteiger charge is -2.16. The molecule has 1 heterocycles. The Morgan fingerprint density at radius 1 is 1.14 bits per heavy atom. The molecule has 0 saturated heterocycles. The maximum absolute atomic E-state index is 12.6. The van der Waals surface area contributed by atoms with E-state index in [-0.39, 0.29) is 12.1 Å². The lowest BCUT2D eigenvalue weighted by atomic mass is 10.0. The number of hydrogen-bond acceptors (Lipinski definition) is 2. The molecule has 0 amide bonds. The van der Waals surface area contributed by atoms with Crippen LogP contribution in [0.15, 0.2) is 35.1 Å².